The van der Waals surface area contributed by atoms with Gasteiger partial charge in [-0.05, 0) is 20.8 Å². The number of nitrogens with one attached hydrogen (secondary N) is 1. The molecule has 1 N–H and O–H groups in total. The Morgan fingerprint density at radius 1 is 1.50 bits per heavy atom. The molecular weight excluding hydrogens is 124 g/mol. The number of hydrogen-bond donors (Lipinski definition) is 1. The van der Waals surface area contributed by atoms with Crippen molar-refractivity contribution in [3.05, 3.63) is 0 Å². The lowest BCUT2D eigenvalue weighted by Gasteiger charge is -2.10. The molecule has 0 aromatic carbocycles. The minimum Gasteiger partial charge on any atom is -0.233 e. The highest BCUT2D eigenvalue weighted by molar-refractivity contribution is 7.84. The van der Waals surface area contributed by atoms with E-state index in [2.05, 4.69) is 4.52 Å². The van der Waals surface area contributed by atoms with E-state index in [9.17, 15) is 4.21 Å². The fourth-order valence-corrected chi connectivity index (χ4v) is 0.411. The van der Waals surface area contributed by atoms with E-state index in [-0.39, 0.29) is 4.75 Å². The summed E-state index contributed by atoms with van der Waals surface area (Å²) in [6.07, 6.45) is 0. The molecule has 48 valence electrons. The molecule has 0 aliphatic carbocycles. The first-order valence-corrected chi connectivity index (χ1v) is 3.38. The molecule has 0 saturated carbocycles. The Hall–Kier alpha value is -0.250. The first kappa shape index (κ1) is 7.75. The second kappa shape index (κ2) is 2.35. The second-order valence-corrected chi connectivity index (χ2v) is 4.36. The lowest BCUT2D eigenvalue weighted by atomic mass is 10.3. The Kier molecular flexibility index (Phi) is 2.27. The van der Waals surface area contributed by atoms with Crippen LogP contribution in [0.3, 0.4) is 0 Å². The topological polar surface area (TPSA) is 53.3 Å². The second-order valence-electron chi connectivity index (χ2n) is 2.45. The fourth-order valence-electron chi connectivity index (χ4n) is 0.137. The number of rotatable bonds is 1. The zero-order valence-corrected chi connectivity index (χ0v) is 6.08. The average Bonchev–Trinajstić information content (AvgIpc) is 1.62. The summed E-state index contributed by atoms with van der Waals surface area (Å²) in [7, 11) is -1.35. The van der Waals surface area contributed by atoms with Crippen molar-refractivity contribution in [3.8, 4) is 0 Å². The molecule has 8 heavy (non-hydrogen) atoms. The molecule has 1 atom stereocenters. The van der Waals surface area contributed by atoms with Gasteiger partial charge in [0.25, 0.3) is 0 Å². The molecule has 0 heterocycles. The summed E-state index contributed by atoms with van der Waals surface area (Å²) in [4.78, 5) is 0. The molecule has 0 aliphatic heterocycles. The fraction of sp³-hybridized carbons (Fsp3) is 1.00. The maximum Gasteiger partial charge on any atom is 0.163 e. The molecule has 0 radical (unpaired) electrons. The van der Waals surface area contributed by atoms with Crippen molar-refractivity contribution in [1.29, 1.82) is 5.53 Å². The van der Waals surface area contributed by atoms with Crippen molar-refractivity contribution in [2.45, 2.75) is 25.5 Å². The molecule has 4 heteroatoms. The van der Waals surface area contributed by atoms with Crippen molar-refractivity contribution in [3.63, 3.8) is 0 Å². The van der Waals surface area contributed by atoms with Crippen molar-refractivity contribution in [2.24, 2.45) is 4.52 Å². The van der Waals surface area contributed by atoms with Gasteiger partial charge in [-0.3, -0.25) is 0 Å². The van der Waals surface area contributed by atoms with E-state index in [1.54, 1.807) is 20.8 Å². The van der Waals surface area contributed by atoms with Gasteiger partial charge in [-0.2, -0.15) is 5.53 Å². The third kappa shape index (κ3) is 2.16. The van der Waals surface area contributed by atoms with Crippen LogP contribution >= 0.6 is 0 Å². The Labute approximate surface area is 51.6 Å². The van der Waals surface area contributed by atoms with Crippen LogP contribution in [0.4, 0.5) is 0 Å². The lowest BCUT2D eigenvalue weighted by molar-refractivity contribution is 0.647. The summed E-state index contributed by atoms with van der Waals surface area (Å²) in [5.41, 5.74) is 6.39. The van der Waals surface area contributed by atoms with E-state index in [1.807, 2.05) is 0 Å². The number of nitrogens with zero attached hydrogens (tertiary/aromatic N) is 1. The van der Waals surface area contributed by atoms with Crippen molar-refractivity contribution in [1.82, 2.24) is 0 Å². The highest BCUT2D eigenvalue weighted by Gasteiger charge is 2.18. The summed E-state index contributed by atoms with van der Waals surface area (Å²) in [5, 5.41) is 0. The van der Waals surface area contributed by atoms with Crippen LogP contribution in [0.15, 0.2) is 4.52 Å². The van der Waals surface area contributed by atoms with Gasteiger partial charge < -0.3 is 0 Å². The quantitative estimate of drug-likeness (QED) is 0.542. The summed E-state index contributed by atoms with van der Waals surface area (Å²) in [6, 6.07) is 0. The highest BCUT2D eigenvalue weighted by atomic mass is 32.2. The molecule has 0 aromatic heterocycles. The van der Waals surface area contributed by atoms with Gasteiger partial charge in [0.1, 0.15) is 0 Å². The van der Waals surface area contributed by atoms with Crippen LogP contribution in [0.1, 0.15) is 20.8 Å². The molecule has 0 fully saturated rings. The van der Waals surface area contributed by atoms with Gasteiger partial charge in [-0.15, -0.1) is 0 Å². The summed E-state index contributed by atoms with van der Waals surface area (Å²) in [6.45, 7) is 5.34. The van der Waals surface area contributed by atoms with Gasteiger partial charge in [-0.25, -0.2) is 4.21 Å². The zero-order chi connectivity index (χ0) is 6.78. The first-order chi connectivity index (χ1) is 3.48. The van der Waals surface area contributed by atoms with Crippen LogP contribution < -0.4 is 0 Å². The smallest absolute Gasteiger partial charge is 0.163 e. The minimum absolute atomic E-state index is 0.373. The van der Waals surface area contributed by atoms with Gasteiger partial charge in [0.05, 0.1) is 4.75 Å². The molecule has 3 nitrogen and oxygen atoms in total. The van der Waals surface area contributed by atoms with Crippen molar-refractivity contribution in [2.75, 3.05) is 0 Å². The van der Waals surface area contributed by atoms with Gasteiger partial charge in [0.15, 0.2) is 11.0 Å². The average molecular weight is 134 g/mol. The molecule has 0 aromatic rings. The van der Waals surface area contributed by atoms with E-state index in [0.29, 0.717) is 0 Å². The third-order valence-corrected chi connectivity index (χ3v) is 1.82. The Morgan fingerprint density at radius 2 is 1.88 bits per heavy atom. The van der Waals surface area contributed by atoms with Crippen LogP contribution in [-0.4, -0.2) is 8.96 Å². The zero-order valence-electron chi connectivity index (χ0n) is 5.26. The molecule has 1 unspecified atom stereocenters. The monoisotopic (exact) mass is 134 g/mol. The third-order valence-electron chi connectivity index (χ3n) is 0.607. The summed E-state index contributed by atoms with van der Waals surface area (Å²) in [5.74, 6) is 0. The summed E-state index contributed by atoms with van der Waals surface area (Å²) < 4.78 is 13.1. The van der Waals surface area contributed by atoms with E-state index in [1.165, 1.54) is 0 Å². The molecular formula is C4H10N2OS. The van der Waals surface area contributed by atoms with Gasteiger partial charge in [0, 0.05) is 0 Å². The van der Waals surface area contributed by atoms with Crippen LogP contribution in [0.25, 0.3) is 0 Å². The van der Waals surface area contributed by atoms with Crippen LogP contribution in [0.2, 0.25) is 0 Å². The SMILES string of the molecule is CC(C)(C)S(=O)N=N. The lowest BCUT2D eigenvalue weighted by Crippen LogP contribution is -2.18. The molecule has 0 saturated heterocycles. The maximum atomic E-state index is 10.6. The highest BCUT2D eigenvalue weighted by Crippen LogP contribution is 2.10. The van der Waals surface area contributed by atoms with Gasteiger partial charge in [-0.1, -0.05) is 4.52 Å². The Morgan fingerprint density at radius 3 is 1.88 bits per heavy atom. The van der Waals surface area contributed by atoms with E-state index >= 15 is 0 Å². The predicted molar refractivity (Wildman–Crippen MR) is 33.0 cm³/mol. The minimum atomic E-state index is -1.35. The molecule has 0 amide bonds. The van der Waals surface area contributed by atoms with E-state index < -0.39 is 11.0 Å². The van der Waals surface area contributed by atoms with E-state index in [4.69, 9.17) is 5.53 Å². The first-order valence-electron chi connectivity index (χ1n) is 2.28. The maximum absolute atomic E-state index is 10.6. The van der Waals surface area contributed by atoms with Gasteiger partial charge >= 0.3 is 0 Å². The predicted octanol–water partition coefficient (Wildman–Crippen LogP) is 1.48. The van der Waals surface area contributed by atoms with Crippen molar-refractivity contribution < 1.29 is 4.21 Å². The van der Waals surface area contributed by atoms with Crippen LogP contribution in [-0.2, 0) is 11.0 Å². The van der Waals surface area contributed by atoms with Crippen LogP contribution in [0.5, 0.6) is 0 Å². The number of hydrogen-bond acceptors (Lipinski definition) is 2. The Bertz CT molecular complexity index is 116. The van der Waals surface area contributed by atoms with Gasteiger partial charge in [0.2, 0.25) is 0 Å². The van der Waals surface area contributed by atoms with E-state index in [0.717, 1.165) is 0 Å². The Balaban J connectivity index is 4.02. The molecule has 0 spiro atoms. The largest absolute Gasteiger partial charge is 0.233 e. The normalized spacial score (nSPS) is 15.4. The molecule has 0 bridgehead atoms. The summed E-state index contributed by atoms with van der Waals surface area (Å²) >= 11 is 0. The van der Waals surface area contributed by atoms with Crippen LogP contribution in [0, 0.1) is 5.53 Å². The molecule has 0 rings (SSSR count). The standard InChI is InChI=1S/C4H10N2OS/c1-4(2,3)8(7)6-5/h5H,1-3H3. The van der Waals surface area contributed by atoms with Crippen molar-refractivity contribution >= 4 is 11.0 Å². The molecule has 0 aliphatic rings.